The maximum atomic E-state index is 5.29. The van der Waals surface area contributed by atoms with Crippen LogP contribution in [0.25, 0.3) is 0 Å². The van der Waals surface area contributed by atoms with Crippen molar-refractivity contribution in [3.05, 3.63) is 49.5 Å². The number of halogens is 1. The lowest BCUT2D eigenvalue weighted by molar-refractivity contribution is 0.507. The minimum atomic E-state index is 0. The number of furan rings is 1. The van der Waals surface area contributed by atoms with Gasteiger partial charge in [0.2, 0.25) is 0 Å². The zero-order valence-electron chi connectivity index (χ0n) is 12.2. The summed E-state index contributed by atoms with van der Waals surface area (Å²) in [6.07, 6.45) is 6.26. The lowest BCUT2D eigenvalue weighted by Gasteiger charge is -2.10. The van der Waals surface area contributed by atoms with E-state index in [4.69, 9.17) is 4.42 Å². The Hall–Kier alpha value is -0.890. The van der Waals surface area contributed by atoms with E-state index in [-0.39, 0.29) is 24.0 Å². The molecule has 0 amide bonds. The largest absolute Gasteiger partial charge is 0.469 e. The van der Waals surface area contributed by atoms with Crippen molar-refractivity contribution in [3.8, 4) is 0 Å². The van der Waals surface area contributed by atoms with E-state index in [1.807, 2.05) is 36.0 Å². The summed E-state index contributed by atoms with van der Waals surface area (Å²) < 4.78 is 5.29. The first kappa shape index (κ1) is 20.1. The number of hydrogen-bond acceptors (Lipinski definition) is 3. The van der Waals surface area contributed by atoms with Crippen LogP contribution in [-0.2, 0) is 6.42 Å². The van der Waals surface area contributed by atoms with Crippen LogP contribution in [-0.4, -0.2) is 37.1 Å². The first-order chi connectivity index (χ1) is 9.86. The van der Waals surface area contributed by atoms with Crippen molar-refractivity contribution < 1.29 is 4.42 Å². The predicted octanol–water partition coefficient (Wildman–Crippen LogP) is 3.08. The first-order valence-corrected chi connectivity index (χ1v) is 7.86. The average Bonchev–Trinajstić information content (AvgIpc) is 2.97. The molecule has 6 heteroatoms. The van der Waals surface area contributed by atoms with Gasteiger partial charge in [-0.1, -0.05) is 12.2 Å². The fourth-order valence-electron chi connectivity index (χ4n) is 1.49. The van der Waals surface area contributed by atoms with Crippen LogP contribution in [0.4, 0.5) is 0 Å². The summed E-state index contributed by atoms with van der Waals surface area (Å²) in [6, 6.07) is 3.87. The highest BCUT2D eigenvalue weighted by Gasteiger charge is 1.99. The Morgan fingerprint density at radius 1 is 1.33 bits per heavy atom. The molecule has 21 heavy (non-hydrogen) atoms. The minimum absolute atomic E-state index is 0. The summed E-state index contributed by atoms with van der Waals surface area (Å²) in [7, 11) is 0. The summed E-state index contributed by atoms with van der Waals surface area (Å²) in [5.74, 6) is 3.75. The average molecular weight is 421 g/mol. The summed E-state index contributed by atoms with van der Waals surface area (Å²) in [4.78, 5) is 4.51. The molecule has 1 aromatic heterocycles. The van der Waals surface area contributed by atoms with Crippen molar-refractivity contribution in [1.29, 1.82) is 0 Å². The lowest BCUT2D eigenvalue weighted by Crippen LogP contribution is -2.38. The number of aliphatic imine (C=N–C) groups is 1. The summed E-state index contributed by atoms with van der Waals surface area (Å²) in [5, 5.41) is 6.49. The SMILES string of the molecule is C=CCNC(=NCCSCC=C)NCCc1ccco1.I. The molecule has 0 saturated carbocycles. The first-order valence-electron chi connectivity index (χ1n) is 6.71. The van der Waals surface area contributed by atoms with Gasteiger partial charge < -0.3 is 15.1 Å². The van der Waals surface area contributed by atoms with Crippen molar-refractivity contribution in [2.24, 2.45) is 4.99 Å². The fourth-order valence-corrected chi connectivity index (χ4v) is 2.04. The number of nitrogens with zero attached hydrogens (tertiary/aromatic N) is 1. The highest BCUT2D eigenvalue weighted by Crippen LogP contribution is 2.00. The summed E-state index contributed by atoms with van der Waals surface area (Å²) in [6.45, 7) is 9.67. The van der Waals surface area contributed by atoms with Gasteiger partial charge in [-0.15, -0.1) is 37.1 Å². The third kappa shape index (κ3) is 10.5. The molecule has 1 rings (SSSR count). The second kappa shape index (κ2) is 14.1. The molecule has 2 N–H and O–H groups in total. The molecule has 0 aromatic carbocycles. The Morgan fingerprint density at radius 3 is 2.86 bits per heavy atom. The molecule has 1 aromatic rings. The number of rotatable bonds is 10. The highest BCUT2D eigenvalue weighted by atomic mass is 127. The van der Waals surface area contributed by atoms with Crippen LogP contribution < -0.4 is 10.6 Å². The molecule has 0 fully saturated rings. The van der Waals surface area contributed by atoms with Crippen LogP contribution in [0.5, 0.6) is 0 Å². The zero-order valence-corrected chi connectivity index (χ0v) is 15.4. The van der Waals surface area contributed by atoms with Gasteiger partial charge in [0.05, 0.1) is 12.8 Å². The third-order valence-corrected chi connectivity index (χ3v) is 3.34. The summed E-state index contributed by atoms with van der Waals surface area (Å²) in [5.41, 5.74) is 0. The van der Waals surface area contributed by atoms with Gasteiger partial charge in [-0.25, -0.2) is 0 Å². The fraction of sp³-hybridized carbons (Fsp3) is 0.400. The van der Waals surface area contributed by atoms with Crippen LogP contribution in [0.3, 0.4) is 0 Å². The second-order valence-corrected chi connectivity index (χ2v) is 5.17. The molecule has 0 saturated heterocycles. The summed E-state index contributed by atoms with van der Waals surface area (Å²) >= 11 is 1.83. The van der Waals surface area contributed by atoms with Gasteiger partial charge in [-0.3, -0.25) is 4.99 Å². The van der Waals surface area contributed by atoms with E-state index in [9.17, 15) is 0 Å². The monoisotopic (exact) mass is 421 g/mol. The third-order valence-electron chi connectivity index (χ3n) is 2.40. The highest BCUT2D eigenvalue weighted by molar-refractivity contribution is 14.0. The smallest absolute Gasteiger partial charge is 0.191 e. The topological polar surface area (TPSA) is 49.6 Å². The van der Waals surface area contributed by atoms with Crippen molar-refractivity contribution in [1.82, 2.24) is 10.6 Å². The molecule has 0 aliphatic rings. The molecule has 0 atom stereocenters. The molecule has 0 spiro atoms. The molecule has 0 radical (unpaired) electrons. The molecular weight excluding hydrogens is 397 g/mol. The van der Waals surface area contributed by atoms with Crippen molar-refractivity contribution in [2.45, 2.75) is 6.42 Å². The van der Waals surface area contributed by atoms with Crippen LogP contribution >= 0.6 is 35.7 Å². The Balaban J connectivity index is 0.00000400. The van der Waals surface area contributed by atoms with E-state index in [1.54, 1.807) is 6.26 Å². The normalized spacial score (nSPS) is 10.6. The van der Waals surface area contributed by atoms with E-state index in [1.165, 1.54) is 0 Å². The van der Waals surface area contributed by atoms with Crippen LogP contribution in [0.15, 0.2) is 53.1 Å². The van der Waals surface area contributed by atoms with Crippen molar-refractivity contribution in [2.75, 3.05) is 31.1 Å². The van der Waals surface area contributed by atoms with E-state index >= 15 is 0 Å². The predicted molar refractivity (Wildman–Crippen MR) is 104 cm³/mol. The van der Waals surface area contributed by atoms with E-state index in [0.717, 1.165) is 42.7 Å². The van der Waals surface area contributed by atoms with Crippen molar-refractivity contribution in [3.63, 3.8) is 0 Å². The van der Waals surface area contributed by atoms with Crippen LogP contribution in [0, 0.1) is 0 Å². The number of hydrogen-bond donors (Lipinski definition) is 2. The van der Waals surface area contributed by atoms with Gasteiger partial charge in [-0.05, 0) is 12.1 Å². The Morgan fingerprint density at radius 2 is 2.19 bits per heavy atom. The van der Waals surface area contributed by atoms with Crippen LogP contribution in [0.2, 0.25) is 0 Å². The van der Waals surface area contributed by atoms with Gasteiger partial charge in [0, 0.05) is 31.0 Å². The number of guanidine groups is 1. The molecule has 1 heterocycles. The molecule has 0 bridgehead atoms. The Bertz CT molecular complexity index is 407. The van der Waals surface area contributed by atoms with Gasteiger partial charge >= 0.3 is 0 Å². The molecule has 118 valence electrons. The Labute approximate surface area is 148 Å². The molecule has 0 aliphatic heterocycles. The molecule has 0 aliphatic carbocycles. The van der Waals surface area contributed by atoms with Gasteiger partial charge in [-0.2, -0.15) is 11.8 Å². The molecule has 4 nitrogen and oxygen atoms in total. The van der Waals surface area contributed by atoms with Crippen molar-refractivity contribution >= 4 is 41.7 Å². The molecule has 0 unspecified atom stereocenters. The Kier molecular flexibility index (Phi) is 13.5. The van der Waals surface area contributed by atoms with Gasteiger partial charge in [0.1, 0.15) is 5.76 Å². The maximum absolute atomic E-state index is 5.29. The van der Waals surface area contributed by atoms with Crippen LogP contribution in [0.1, 0.15) is 5.76 Å². The zero-order chi connectivity index (χ0) is 14.5. The maximum Gasteiger partial charge on any atom is 0.191 e. The number of nitrogens with one attached hydrogen (secondary N) is 2. The van der Waals surface area contributed by atoms with E-state index < -0.39 is 0 Å². The van der Waals surface area contributed by atoms with Gasteiger partial charge in [0.15, 0.2) is 5.96 Å². The van der Waals surface area contributed by atoms with Gasteiger partial charge in [0.25, 0.3) is 0 Å². The standard InChI is InChI=1S/C15H23N3OS.HI/c1-3-8-16-15(18-10-13-20-12-4-2)17-9-7-14-6-5-11-19-14;/h3-6,11H,1-2,7-10,12-13H2,(H2,16,17,18);1H. The minimum Gasteiger partial charge on any atom is -0.469 e. The van der Waals surface area contributed by atoms with E-state index in [2.05, 4.69) is 28.8 Å². The number of thioether (sulfide) groups is 1. The van der Waals surface area contributed by atoms with E-state index in [0.29, 0.717) is 6.54 Å². The quantitative estimate of drug-likeness (QED) is 0.201. The molecular formula is C15H24IN3OS. The lowest BCUT2D eigenvalue weighted by atomic mass is 10.3. The second-order valence-electron chi connectivity index (χ2n) is 4.02.